The number of carbonyl (C=O) groups is 1. The number of hydrogen-bond donors (Lipinski definition) is 1. The van der Waals surface area contributed by atoms with Crippen LogP contribution >= 0.6 is 0 Å². The van der Waals surface area contributed by atoms with Crippen molar-refractivity contribution in [1.29, 1.82) is 0 Å². The molecule has 1 aromatic rings. The van der Waals surface area contributed by atoms with E-state index >= 15 is 0 Å². The van der Waals surface area contributed by atoms with E-state index in [9.17, 15) is 4.79 Å². The summed E-state index contributed by atoms with van der Waals surface area (Å²) in [6.45, 7) is 1.90. The summed E-state index contributed by atoms with van der Waals surface area (Å²) < 4.78 is 4.96. The van der Waals surface area contributed by atoms with Crippen LogP contribution in [0.25, 0.3) is 0 Å². The van der Waals surface area contributed by atoms with E-state index < -0.39 is 6.09 Å². The molecule has 1 aliphatic carbocycles. The van der Waals surface area contributed by atoms with Gasteiger partial charge in [0.1, 0.15) is 6.10 Å². The molecule has 3 nitrogen and oxygen atoms in total. The van der Waals surface area contributed by atoms with Crippen LogP contribution in [0.15, 0.2) is 30.3 Å². The van der Waals surface area contributed by atoms with Gasteiger partial charge in [0.05, 0.1) is 0 Å². The second-order valence-electron chi connectivity index (χ2n) is 4.06. The van der Waals surface area contributed by atoms with Crippen LogP contribution in [0, 0.1) is 5.92 Å². The second kappa shape index (κ2) is 3.93. The molecule has 0 bridgehead atoms. The van der Waals surface area contributed by atoms with Crippen molar-refractivity contribution >= 4 is 6.09 Å². The number of rotatable bonds is 3. The molecule has 3 atom stereocenters. The molecule has 2 N–H and O–H groups in total. The molecular weight excluding hydrogens is 190 g/mol. The molecule has 1 aromatic carbocycles. The van der Waals surface area contributed by atoms with Gasteiger partial charge in [0.15, 0.2) is 0 Å². The van der Waals surface area contributed by atoms with Crippen LogP contribution in [0.2, 0.25) is 0 Å². The normalized spacial score (nSPS) is 25.7. The summed E-state index contributed by atoms with van der Waals surface area (Å²) in [7, 11) is 0. The van der Waals surface area contributed by atoms with Crippen molar-refractivity contribution in [2.24, 2.45) is 11.7 Å². The lowest BCUT2D eigenvalue weighted by atomic mass is 10.1. The van der Waals surface area contributed by atoms with Crippen LogP contribution in [0.5, 0.6) is 0 Å². The maximum absolute atomic E-state index is 10.6. The van der Waals surface area contributed by atoms with E-state index in [1.54, 1.807) is 0 Å². The Kier molecular flexibility index (Phi) is 2.62. The zero-order chi connectivity index (χ0) is 10.8. The third-order valence-corrected chi connectivity index (χ3v) is 2.97. The zero-order valence-corrected chi connectivity index (χ0v) is 8.72. The molecule has 3 unspecified atom stereocenters. The van der Waals surface area contributed by atoms with Crippen molar-refractivity contribution in [3.8, 4) is 0 Å². The SMILES string of the molecule is CC(OC(N)=O)C1CC1c1ccccc1. The van der Waals surface area contributed by atoms with Crippen molar-refractivity contribution in [1.82, 2.24) is 0 Å². The number of primary amides is 1. The van der Waals surface area contributed by atoms with Crippen molar-refractivity contribution in [3.05, 3.63) is 35.9 Å². The van der Waals surface area contributed by atoms with E-state index in [4.69, 9.17) is 10.5 Å². The monoisotopic (exact) mass is 205 g/mol. The predicted octanol–water partition coefficient (Wildman–Crippen LogP) is 2.27. The van der Waals surface area contributed by atoms with E-state index in [2.05, 4.69) is 12.1 Å². The van der Waals surface area contributed by atoms with Crippen LogP contribution in [0.3, 0.4) is 0 Å². The fourth-order valence-corrected chi connectivity index (χ4v) is 2.09. The molecule has 1 saturated carbocycles. The fraction of sp³-hybridized carbons (Fsp3) is 0.417. The Balaban J connectivity index is 1.93. The summed E-state index contributed by atoms with van der Waals surface area (Å²) in [6, 6.07) is 10.3. The first-order chi connectivity index (χ1) is 7.18. The number of carbonyl (C=O) groups excluding carboxylic acids is 1. The van der Waals surface area contributed by atoms with Gasteiger partial charge in [-0.15, -0.1) is 0 Å². The number of benzene rings is 1. The molecule has 1 amide bonds. The molecule has 3 heteroatoms. The topological polar surface area (TPSA) is 52.3 Å². The zero-order valence-electron chi connectivity index (χ0n) is 8.72. The van der Waals surface area contributed by atoms with Crippen LogP contribution in [0.1, 0.15) is 24.8 Å². The Labute approximate surface area is 89.2 Å². The van der Waals surface area contributed by atoms with E-state index in [0.717, 1.165) is 6.42 Å². The highest BCUT2D eigenvalue weighted by Gasteiger charge is 2.43. The van der Waals surface area contributed by atoms with E-state index in [0.29, 0.717) is 11.8 Å². The van der Waals surface area contributed by atoms with Gasteiger partial charge < -0.3 is 10.5 Å². The average Bonchev–Trinajstić information content (AvgIpc) is 2.97. The molecule has 0 heterocycles. The lowest BCUT2D eigenvalue weighted by molar-refractivity contribution is 0.103. The highest BCUT2D eigenvalue weighted by molar-refractivity contribution is 5.64. The van der Waals surface area contributed by atoms with Gasteiger partial charge in [0.25, 0.3) is 0 Å². The lowest BCUT2D eigenvalue weighted by Gasteiger charge is -2.10. The number of hydrogen-bond acceptors (Lipinski definition) is 2. The summed E-state index contributed by atoms with van der Waals surface area (Å²) in [5.74, 6) is 0.959. The molecule has 1 aliphatic rings. The van der Waals surface area contributed by atoms with E-state index in [-0.39, 0.29) is 6.10 Å². The standard InChI is InChI=1S/C12H15NO2/c1-8(15-12(13)14)10-7-11(10)9-5-3-2-4-6-9/h2-6,8,10-11H,7H2,1H3,(H2,13,14). The summed E-state index contributed by atoms with van der Waals surface area (Å²) in [5.41, 5.74) is 6.30. The second-order valence-corrected chi connectivity index (χ2v) is 4.06. The van der Waals surface area contributed by atoms with Crippen molar-refractivity contribution in [2.45, 2.75) is 25.4 Å². The minimum atomic E-state index is -0.679. The number of nitrogens with two attached hydrogens (primary N) is 1. The van der Waals surface area contributed by atoms with Crippen LogP contribution in [-0.2, 0) is 4.74 Å². The maximum Gasteiger partial charge on any atom is 0.404 e. The van der Waals surface area contributed by atoms with Crippen LogP contribution < -0.4 is 5.73 Å². The van der Waals surface area contributed by atoms with Crippen molar-refractivity contribution < 1.29 is 9.53 Å². The summed E-state index contributed by atoms with van der Waals surface area (Å²) in [4.78, 5) is 10.6. The Morgan fingerprint density at radius 1 is 1.47 bits per heavy atom. The van der Waals surface area contributed by atoms with Gasteiger partial charge in [-0.2, -0.15) is 0 Å². The molecule has 80 valence electrons. The average molecular weight is 205 g/mol. The summed E-state index contributed by atoms with van der Waals surface area (Å²) in [5, 5.41) is 0. The molecule has 0 aromatic heterocycles. The molecule has 1 fully saturated rings. The van der Waals surface area contributed by atoms with Gasteiger partial charge >= 0.3 is 6.09 Å². The Morgan fingerprint density at radius 3 is 2.73 bits per heavy atom. The third kappa shape index (κ3) is 2.29. The van der Waals surface area contributed by atoms with Gasteiger partial charge in [-0.25, -0.2) is 4.79 Å². The maximum atomic E-state index is 10.6. The van der Waals surface area contributed by atoms with Crippen LogP contribution in [0.4, 0.5) is 4.79 Å². The quantitative estimate of drug-likeness (QED) is 0.823. The number of ether oxygens (including phenoxy) is 1. The summed E-state index contributed by atoms with van der Waals surface area (Å²) in [6.07, 6.45) is 0.326. The Hall–Kier alpha value is -1.51. The van der Waals surface area contributed by atoms with Gasteiger partial charge in [0, 0.05) is 5.92 Å². The molecule has 0 radical (unpaired) electrons. The van der Waals surface area contributed by atoms with Crippen molar-refractivity contribution in [2.75, 3.05) is 0 Å². The number of amides is 1. The van der Waals surface area contributed by atoms with E-state index in [1.165, 1.54) is 5.56 Å². The molecule has 15 heavy (non-hydrogen) atoms. The predicted molar refractivity (Wildman–Crippen MR) is 57.4 cm³/mol. The summed E-state index contributed by atoms with van der Waals surface area (Å²) >= 11 is 0. The first-order valence-corrected chi connectivity index (χ1v) is 5.19. The lowest BCUT2D eigenvalue weighted by Crippen LogP contribution is -2.22. The molecule has 0 aliphatic heterocycles. The highest BCUT2D eigenvalue weighted by Crippen LogP contribution is 2.50. The van der Waals surface area contributed by atoms with Crippen molar-refractivity contribution in [3.63, 3.8) is 0 Å². The van der Waals surface area contributed by atoms with Gasteiger partial charge in [0.2, 0.25) is 0 Å². The minimum Gasteiger partial charge on any atom is -0.446 e. The van der Waals surface area contributed by atoms with Gasteiger partial charge in [-0.3, -0.25) is 0 Å². The molecule has 0 spiro atoms. The first kappa shape index (κ1) is 10.0. The fourth-order valence-electron chi connectivity index (χ4n) is 2.09. The Bertz CT molecular complexity index is 350. The highest BCUT2D eigenvalue weighted by atomic mass is 16.6. The minimum absolute atomic E-state index is 0.0762. The smallest absolute Gasteiger partial charge is 0.404 e. The molecule has 0 saturated heterocycles. The largest absolute Gasteiger partial charge is 0.446 e. The molecular formula is C12H15NO2. The molecule has 2 rings (SSSR count). The third-order valence-electron chi connectivity index (χ3n) is 2.97. The first-order valence-electron chi connectivity index (χ1n) is 5.19. The van der Waals surface area contributed by atoms with E-state index in [1.807, 2.05) is 25.1 Å². The van der Waals surface area contributed by atoms with Crippen LogP contribution in [-0.4, -0.2) is 12.2 Å². The Morgan fingerprint density at radius 2 is 2.13 bits per heavy atom. The van der Waals surface area contributed by atoms with Gasteiger partial charge in [-0.1, -0.05) is 30.3 Å². The van der Waals surface area contributed by atoms with Gasteiger partial charge in [-0.05, 0) is 24.8 Å².